The van der Waals surface area contributed by atoms with Crippen molar-refractivity contribution < 1.29 is 13.9 Å². The lowest BCUT2D eigenvalue weighted by molar-refractivity contribution is 0.0684. The van der Waals surface area contributed by atoms with Crippen molar-refractivity contribution in [2.75, 3.05) is 13.7 Å². The van der Waals surface area contributed by atoms with Crippen LogP contribution >= 0.6 is 11.6 Å². The summed E-state index contributed by atoms with van der Waals surface area (Å²) in [5.74, 6) is -0.204. The van der Waals surface area contributed by atoms with Crippen LogP contribution in [0, 0.1) is 5.82 Å². The molecule has 0 aliphatic carbocycles. The Morgan fingerprint density at radius 1 is 1.55 bits per heavy atom. The maximum Gasteiger partial charge on any atom is 0.254 e. The molecule has 6 nitrogen and oxygen atoms in total. The quantitative estimate of drug-likeness (QED) is 0.939. The molecule has 1 aromatic heterocycles. The molecule has 1 saturated heterocycles. The molecule has 0 spiro atoms. The normalized spacial score (nSPS) is 21.3. The van der Waals surface area contributed by atoms with Gasteiger partial charge in [0.15, 0.2) is 0 Å². The Bertz CT molecular complexity index is 679. The van der Waals surface area contributed by atoms with Crippen molar-refractivity contribution >= 4 is 17.5 Å². The SMILES string of the molecule is CO[C@@H]1C[C@@H](c2ncn[nH]2)N(C(=O)c2ccc(F)c(Cl)c2)C1. The van der Waals surface area contributed by atoms with E-state index in [1.54, 1.807) is 12.0 Å². The number of carbonyl (C=O) groups is 1. The number of aromatic amines is 1. The fourth-order valence-corrected chi connectivity index (χ4v) is 2.80. The highest BCUT2D eigenvalue weighted by atomic mass is 35.5. The van der Waals surface area contributed by atoms with E-state index in [-0.39, 0.29) is 23.1 Å². The van der Waals surface area contributed by atoms with E-state index in [0.717, 1.165) is 0 Å². The highest BCUT2D eigenvalue weighted by Crippen LogP contribution is 2.33. The van der Waals surface area contributed by atoms with Gasteiger partial charge in [-0.15, -0.1) is 0 Å². The molecule has 116 valence electrons. The molecule has 0 bridgehead atoms. The fraction of sp³-hybridized carbons (Fsp3) is 0.357. The van der Waals surface area contributed by atoms with E-state index in [0.29, 0.717) is 24.4 Å². The molecule has 0 radical (unpaired) electrons. The smallest absolute Gasteiger partial charge is 0.254 e. The largest absolute Gasteiger partial charge is 0.380 e. The average Bonchev–Trinajstić information content (AvgIpc) is 3.17. The molecule has 22 heavy (non-hydrogen) atoms. The Hall–Kier alpha value is -1.99. The first-order valence-corrected chi connectivity index (χ1v) is 7.12. The summed E-state index contributed by atoms with van der Waals surface area (Å²) in [4.78, 5) is 18.5. The first kappa shape index (κ1) is 14.9. The molecule has 1 N–H and O–H groups in total. The number of rotatable bonds is 3. The second-order valence-corrected chi connectivity index (χ2v) is 5.47. The highest BCUT2D eigenvalue weighted by molar-refractivity contribution is 6.31. The van der Waals surface area contributed by atoms with E-state index < -0.39 is 5.82 Å². The molecular weight excluding hydrogens is 311 g/mol. The number of amides is 1. The predicted molar refractivity (Wildman–Crippen MR) is 77.0 cm³/mol. The van der Waals surface area contributed by atoms with Crippen molar-refractivity contribution in [2.24, 2.45) is 0 Å². The summed E-state index contributed by atoms with van der Waals surface area (Å²) in [6.07, 6.45) is 1.93. The van der Waals surface area contributed by atoms with Crippen molar-refractivity contribution in [1.29, 1.82) is 0 Å². The molecule has 0 saturated carbocycles. The zero-order chi connectivity index (χ0) is 15.7. The lowest BCUT2D eigenvalue weighted by atomic mass is 10.1. The van der Waals surface area contributed by atoms with Gasteiger partial charge in [0.2, 0.25) is 0 Å². The number of H-pyrrole nitrogens is 1. The molecule has 2 heterocycles. The molecule has 1 fully saturated rings. The van der Waals surface area contributed by atoms with Gasteiger partial charge in [0.05, 0.1) is 17.2 Å². The number of hydrogen-bond donors (Lipinski definition) is 1. The van der Waals surface area contributed by atoms with Crippen molar-refractivity contribution in [3.63, 3.8) is 0 Å². The first-order valence-electron chi connectivity index (χ1n) is 6.74. The van der Waals surface area contributed by atoms with Crippen LogP contribution in [0.4, 0.5) is 4.39 Å². The van der Waals surface area contributed by atoms with Crippen molar-refractivity contribution in [3.05, 3.63) is 46.8 Å². The Balaban J connectivity index is 1.90. The van der Waals surface area contributed by atoms with Gasteiger partial charge in [-0.05, 0) is 18.2 Å². The highest BCUT2D eigenvalue weighted by Gasteiger charge is 2.38. The maximum atomic E-state index is 13.3. The van der Waals surface area contributed by atoms with Crippen LogP contribution in [0.5, 0.6) is 0 Å². The van der Waals surface area contributed by atoms with Gasteiger partial charge in [0.25, 0.3) is 5.91 Å². The van der Waals surface area contributed by atoms with Gasteiger partial charge >= 0.3 is 0 Å². The maximum absolute atomic E-state index is 13.3. The van der Waals surface area contributed by atoms with Gasteiger partial charge in [-0.25, -0.2) is 9.37 Å². The molecule has 2 atom stereocenters. The predicted octanol–water partition coefficient (Wildman–Crippen LogP) is 2.20. The molecule has 1 aliphatic rings. The number of halogens is 2. The fourth-order valence-electron chi connectivity index (χ4n) is 2.62. The lowest BCUT2D eigenvalue weighted by Gasteiger charge is -2.22. The van der Waals surface area contributed by atoms with Crippen LogP contribution in [-0.2, 0) is 4.74 Å². The summed E-state index contributed by atoms with van der Waals surface area (Å²) < 4.78 is 18.6. The van der Waals surface area contributed by atoms with Gasteiger partial charge in [0, 0.05) is 25.6 Å². The zero-order valence-electron chi connectivity index (χ0n) is 11.8. The van der Waals surface area contributed by atoms with Crippen LogP contribution in [0.15, 0.2) is 24.5 Å². The summed E-state index contributed by atoms with van der Waals surface area (Å²) in [6, 6.07) is 3.67. The van der Waals surface area contributed by atoms with Gasteiger partial charge in [0.1, 0.15) is 18.0 Å². The number of benzene rings is 1. The van der Waals surface area contributed by atoms with Crippen LogP contribution in [0.3, 0.4) is 0 Å². The molecule has 1 amide bonds. The Morgan fingerprint density at radius 3 is 3.00 bits per heavy atom. The third kappa shape index (κ3) is 2.69. The van der Waals surface area contributed by atoms with Gasteiger partial charge in [-0.3, -0.25) is 9.89 Å². The third-order valence-electron chi connectivity index (χ3n) is 3.77. The summed E-state index contributed by atoms with van der Waals surface area (Å²) in [6.45, 7) is 0.426. The molecule has 2 aromatic rings. The molecule has 1 aromatic carbocycles. The molecule has 8 heteroatoms. The van der Waals surface area contributed by atoms with Crippen LogP contribution in [-0.4, -0.2) is 45.7 Å². The summed E-state index contributed by atoms with van der Waals surface area (Å²) in [5.41, 5.74) is 0.327. The van der Waals surface area contributed by atoms with E-state index in [4.69, 9.17) is 16.3 Å². The van der Waals surface area contributed by atoms with Crippen molar-refractivity contribution in [3.8, 4) is 0 Å². The number of ether oxygens (including phenoxy) is 1. The molecule has 0 unspecified atom stereocenters. The average molecular weight is 325 g/mol. The second-order valence-electron chi connectivity index (χ2n) is 5.07. The Morgan fingerprint density at radius 2 is 2.36 bits per heavy atom. The van der Waals surface area contributed by atoms with Gasteiger partial charge in [-0.2, -0.15) is 5.10 Å². The third-order valence-corrected chi connectivity index (χ3v) is 4.06. The van der Waals surface area contributed by atoms with Crippen LogP contribution < -0.4 is 0 Å². The number of carbonyl (C=O) groups excluding carboxylic acids is 1. The standard InChI is InChI=1S/C14H14ClFN4O2/c1-22-9-5-12(13-17-7-18-19-13)20(6-9)14(21)8-2-3-11(16)10(15)4-8/h2-4,7,9,12H,5-6H2,1H3,(H,17,18,19)/t9-,12+/m1/s1. The monoisotopic (exact) mass is 324 g/mol. The van der Waals surface area contributed by atoms with Crippen LogP contribution in [0.2, 0.25) is 5.02 Å². The first-order chi connectivity index (χ1) is 10.6. The van der Waals surface area contributed by atoms with Crippen LogP contribution in [0.1, 0.15) is 28.6 Å². The number of nitrogens with zero attached hydrogens (tertiary/aromatic N) is 3. The number of aromatic nitrogens is 3. The van der Waals surface area contributed by atoms with E-state index in [1.165, 1.54) is 24.5 Å². The number of hydrogen-bond acceptors (Lipinski definition) is 4. The molecule has 3 rings (SSSR count). The lowest BCUT2D eigenvalue weighted by Crippen LogP contribution is -2.32. The number of likely N-dealkylation sites (tertiary alicyclic amines) is 1. The Labute approximate surface area is 131 Å². The van der Waals surface area contributed by atoms with E-state index in [9.17, 15) is 9.18 Å². The minimum absolute atomic E-state index is 0.0791. The van der Waals surface area contributed by atoms with Gasteiger partial charge < -0.3 is 9.64 Å². The molecule has 1 aliphatic heterocycles. The van der Waals surface area contributed by atoms with E-state index in [2.05, 4.69) is 15.2 Å². The summed E-state index contributed by atoms with van der Waals surface area (Å²) in [5, 5.41) is 6.53. The van der Waals surface area contributed by atoms with E-state index in [1.807, 2.05) is 0 Å². The minimum Gasteiger partial charge on any atom is -0.380 e. The number of methoxy groups -OCH3 is 1. The Kier molecular flexibility index (Phi) is 4.08. The van der Waals surface area contributed by atoms with Crippen molar-refractivity contribution in [2.45, 2.75) is 18.6 Å². The summed E-state index contributed by atoms with van der Waals surface area (Å²) in [7, 11) is 1.60. The number of nitrogens with one attached hydrogen (secondary N) is 1. The topological polar surface area (TPSA) is 71.1 Å². The zero-order valence-corrected chi connectivity index (χ0v) is 12.5. The molecular formula is C14H14ClFN4O2. The van der Waals surface area contributed by atoms with Crippen molar-refractivity contribution in [1.82, 2.24) is 20.1 Å². The van der Waals surface area contributed by atoms with Crippen LogP contribution in [0.25, 0.3) is 0 Å². The summed E-state index contributed by atoms with van der Waals surface area (Å²) >= 11 is 5.76. The van der Waals surface area contributed by atoms with E-state index >= 15 is 0 Å². The minimum atomic E-state index is -0.554. The van der Waals surface area contributed by atoms with Gasteiger partial charge in [-0.1, -0.05) is 11.6 Å². The second kappa shape index (κ2) is 6.02.